The van der Waals surface area contributed by atoms with Crippen LogP contribution in [0.5, 0.6) is 11.5 Å². The summed E-state index contributed by atoms with van der Waals surface area (Å²) in [5.74, 6) is 1.47. The van der Waals surface area contributed by atoms with Crippen LogP contribution < -0.4 is 9.47 Å². The van der Waals surface area contributed by atoms with E-state index in [0.29, 0.717) is 6.61 Å². The number of fused-ring (bicyclic) bond motifs is 1. The minimum atomic E-state index is -0.218. The molecule has 0 amide bonds. The van der Waals surface area contributed by atoms with E-state index in [-0.39, 0.29) is 11.9 Å². The van der Waals surface area contributed by atoms with Crippen molar-refractivity contribution in [2.75, 3.05) is 26.2 Å². The van der Waals surface area contributed by atoms with E-state index < -0.39 is 0 Å². The predicted octanol–water partition coefficient (Wildman–Crippen LogP) is 4.90. The van der Waals surface area contributed by atoms with Crippen molar-refractivity contribution in [1.29, 1.82) is 0 Å². The van der Waals surface area contributed by atoms with E-state index in [2.05, 4.69) is 11.0 Å². The molecule has 0 unspecified atom stereocenters. The average Bonchev–Trinajstić information content (AvgIpc) is 3.15. The molecular formula is C23H26FNO2. The maximum absolute atomic E-state index is 13.5. The number of rotatable bonds is 5. The Balaban J connectivity index is 1.79. The van der Waals surface area contributed by atoms with Gasteiger partial charge in [0.15, 0.2) is 0 Å². The predicted molar refractivity (Wildman–Crippen MR) is 106 cm³/mol. The van der Waals surface area contributed by atoms with Crippen molar-refractivity contribution in [2.24, 2.45) is 0 Å². The van der Waals surface area contributed by atoms with E-state index in [0.717, 1.165) is 47.8 Å². The number of hydrogen-bond donors (Lipinski definition) is 0. The van der Waals surface area contributed by atoms with E-state index >= 15 is 0 Å². The quantitative estimate of drug-likeness (QED) is 0.750. The second-order valence-electron chi connectivity index (χ2n) is 7.58. The Morgan fingerprint density at radius 1 is 1.07 bits per heavy atom. The molecule has 2 heterocycles. The van der Waals surface area contributed by atoms with Gasteiger partial charge in [0.1, 0.15) is 23.9 Å². The number of nitrogens with zero attached hydrogens (tertiary/aromatic N) is 1. The topological polar surface area (TPSA) is 21.7 Å². The summed E-state index contributed by atoms with van der Waals surface area (Å²) in [6.45, 7) is 7.76. The molecule has 3 nitrogen and oxygen atoms in total. The lowest BCUT2D eigenvalue weighted by Gasteiger charge is -2.28. The molecule has 4 rings (SSSR count). The van der Waals surface area contributed by atoms with Crippen LogP contribution in [0.1, 0.15) is 37.8 Å². The summed E-state index contributed by atoms with van der Waals surface area (Å²) in [6.07, 6.45) is 2.61. The molecule has 2 aliphatic heterocycles. The van der Waals surface area contributed by atoms with Crippen molar-refractivity contribution in [2.45, 2.75) is 32.8 Å². The molecule has 0 spiro atoms. The molecular weight excluding hydrogens is 341 g/mol. The molecule has 2 aromatic rings. The first-order valence-corrected chi connectivity index (χ1v) is 9.74. The summed E-state index contributed by atoms with van der Waals surface area (Å²) in [5.41, 5.74) is 4.45. The van der Waals surface area contributed by atoms with E-state index in [1.165, 1.54) is 30.5 Å². The maximum Gasteiger partial charge on any atom is 0.127 e. The molecule has 0 saturated carbocycles. The summed E-state index contributed by atoms with van der Waals surface area (Å²) in [6, 6.07) is 12.8. The van der Waals surface area contributed by atoms with Crippen LogP contribution in [0.15, 0.2) is 48.0 Å². The first-order valence-electron chi connectivity index (χ1n) is 9.74. The van der Waals surface area contributed by atoms with Gasteiger partial charge >= 0.3 is 0 Å². The molecule has 1 fully saturated rings. The number of hydrogen-bond acceptors (Lipinski definition) is 3. The first kappa shape index (κ1) is 18.1. The molecule has 1 saturated heterocycles. The molecule has 2 aliphatic rings. The molecule has 142 valence electrons. The van der Waals surface area contributed by atoms with E-state index in [9.17, 15) is 4.39 Å². The first-order chi connectivity index (χ1) is 13.1. The highest BCUT2D eigenvalue weighted by atomic mass is 19.1. The van der Waals surface area contributed by atoms with E-state index in [1.807, 2.05) is 38.1 Å². The van der Waals surface area contributed by atoms with Gasteiger partial charge in [-0.05, 0) is 86.8 Å². The Hall–Kier alpha value is -2.33. The fourth-order valence-corrected chi connectivity index (χ4v) is 3.91. The molecule has 0 radical (unpaired) electrons. The van der Waals surface area contributed by atoms with Gasteiger partial charge in [-0.3, -0.25) is 4.90 Å². The third-order valence-corrected chi connectivity index (χ3v) is 5.09. The minimum Gasteiger partial charge on any atom is -0.491 e. The van der Waals surface area contributed by atoms with Gasteiger partial charge in [-0.25, -0.2) is 4.39 Å². The Bertz CT molecular complexity index is 836. The van der Waals surface area contributed by atoms with Crippen LogP contribution >= 0.6 is 0 Å². The van der Waals surface area contributed by atoms with Crippen molar-refractivity contribution in [3.05, 3.63) is 65.0 Å². The lowest BCUT2D eigenvalue weighted by molar-refractivity contribution is 0.241. The zero-order chi connectivity index (χ0) is 18.8. The molecule has 4 heteroatoms. The highest BCUT2D eigenvalue weighted by Crippen LogP contribution is 2.40. The SMILES string of the molecule is CC(C)Oc1ccc2c(c1)C(c1ccc(F)cc1)=C(CN1CCCC1)CO2. The zero-order valence-corrected chi connectivity index (χ0v) is 16.0. The fourth-order valence-electron chi connectivity index (χ4n) is 3.91. The van der Waals surface area contributed by atoms with Gasteiger partial charge in [-0.1, -0.05) is 12.1 Å². The number of halogens is 1. The third kappa shape index (κ3) is 4.01. The van der Waals surface area contributed by atoms with Crippen LogP contribution in [0, 0.1) is 5.82 Å². The summed E-state index contributed by atoms with van der Waals surface area (Å²) in [7, 11) is 0. The van der Waals surface area contributed by atoms with Gasteiger partial charge in [0.25, 0.3) is 0 Å². The summed E-state index contributed by atoms with van der Waals surface area (Å²) >= 11 is 0. The molecule has 0 N–H and O–H groups in total. The summed E-state index contributed by atoms with van der Waals surface area (Å²) in [5, 5.41) is 0. The lowest BCUT2D eigenvalue weighted by atomic mass is 9.90. The molecule has 0 aliphatic carbocycles. The Kier molecular flexibility index (Phi) is 5.17. The molecule has 2 aromatic carbocycles. The Morgan fingerprint density at radius 2 is 1.81 bits per heavy atom. The fraction of sp³-hybridized carbons (Fsp3) is 0.391. The van der Waals surface area contributed by atoms with Crippen LogP contribution in [-0.2, 0) is 0 Å². The van der Waals surface area contributed by atoms with Gasteiger partial charge in [0.05, 0.1) is 6.10 Å². The van der Waals surface area contributed by atoms with Gasteiger partial charge < -0.3 is 9.47 Å². The minimum absolute atomic E-state index is 0.106. The second kappa shape index (κ2) is 7.73. The molecule has 0 bridgehead atoms. The average molecular weight is 367 g/mol. The van der Waals surface area contributed by atoms with E-state index in [4.69, 9.17) is 9.47 Å². The summed E-state index contributed by atoms with van der Waals surface area (Å²) in [4.78, 5) is 2.47. The summed E-state index contributed by atoms with van der Waals surface area (Å²) < 4.78 is 25.5. The zero-order valence-electron chi connectivity index (χ0n) is 16.0. The molecule has 0 atom stereocenters. The highest BCUT2D eigenvalue weighted by molar-refractivity contribution is 5.87. The largest absolute Gasteiger partial charge is 0.491 e. The second-order valence-corrected chi connectivity index (χ2v) is 7.58. The third-order valence-electron chi connectivity index (χ3n) is 5.09. The molecule has 0 aromatic heterocycles. The number of ether oxygens (including phenoxy) is 2. The smallest absolute Gasteiger partial charge is 0.127 e. The number of likely N-dealkylation sites (tertiary alicyclic amines) is 1. The standard InChI is InChI=1S/C23H26FNO2/c1-16(2)27-20-9-10-22-21(13-20)23(17-5-7-19(24)8-6-17)18(15-26-22)14-25-11-3-4-12-25/h5-10,13,16H,3-4,11-12,14-15H2,1-2H3. The van der Waals surface area contributed by atoms with Crippen LogP contribution in [0.25, 0.3) is 5.57 Å². The monoisotopic (exact) mass is 367 g/mol. The normalized spacial score (nSPS) is 17.2. The Labute approximate surface area is 160 Å². The number of benzene rings is 2. The van der Waals surface area contributed by atoms with Crippen molar-refractivity contribution < 1.29 is 13.9 Å². The van der Waals surface area contributed by atoms with Gasteiger partial charge in [0, 0.05) is 12.1 Å². The van der Waals surface area contributed by atoms with Crippen molar-refractivity contribution >= 4 is 5.57 Å². The van der Waals surface area contributed by atoms with Crippen LogP contribution in [0.3, 0.4) is 0 Å². The van der Waals surface area contributed by atoms with Crippen LogP contribution in [-0.4, -0.2) is 37.2 Å². The van der Waals surface area contributed by atoms with E-state index in [1.54, 1.807) is 0 Å². The Morgan fingerprint density at radius 3 is 2.52 bits per heavy atom. The molecule has 27 heavy (non-hydrogen) atoms. The van der Waals surface area contributed by atoms with Crippen LogP contribution in [0.4, 0.5) is 4.39 Å². The van der Waals surface area contributed by atoms with Crippen molar-refractivity contribution in [3.8, 4) is 11.5 Å². The van der Waals surface area contributed by atoms with Crippen LogP contribution in [0.2, 0.25) is 0 Å². The highest BCUT2D eigenvalue weighted by Gasteiger charge is 2.25. The van der Waals surface area contributed by atoms with Gasteiger partial charge in [0.2, 0.25) is 0 Å². The maximum atomic E-state index is 13.5. The van der Waals surface area contributed by atoms with Gasteiger partial charge in [-0.2, -0.15) is 0 Å². The lowest BCUT2D eigenvalue weighted by Crippen LogP contribution is -2.26. The van der Waals surface area contributed by atoms with Gasteiger partial charge in [-0.15, -0.1) is 0 Å². The van der Waals surface area contributed by atoms with Crippen molar-refractivity contribution in [3.63, 3.8) is 0 Å². The van der Waals surface area contributed by atoms with Crippen molar-refractivity contribution in [1.82, 2.24) is 4.90 Å².